The number of rotatable bonds is 7. The molecule has 0 saturated carbocycles. The normalized spacial score (nSPS) is 11.8. The Bertz CT molecular complexity index is 486. The number of amides is 2. The van der Waals surface area contributed by atoms with E-state index in [4.69, 9.17) is 10.5 Å². The standard InChI is InChI=1S/C15H22N2O3/c1-4-5-8-11(14(16)18)17-15(19)13-10(2)7-6-9-12(13)20-3/h6-7,9,11H,4-5,8H2,1-3H3,(H2,16,18)(H,17,19)/t11-/m0/s1. The molecule has 1 rings (SSSR count). The highest BCUT2D eigenvalue weighted by molar-refractivity contribution is 6.00. The molecule has 0 spiro atoms. The third kappa shape index (κ3) is 3.98. The van der Waals surface area contributed by atoms with Crippen molar-refractivity contribution in [3.63, 3.8) is 0 Å². The summed E-state index contributed by atoms with van der Waals surface area (Å²) in [6, 6.07) is 4.70. The summed E-state index contributed by atoms with van der Waals surface area (Å²) in [6.07, 6.45) is 2.32. The fraction of sp³-hybridized carbons (Fsp3) is 0.467. The third-order valence-electron chi connectivity index (χ3n) is 3.18. The Morgan fingerprint density at radius 3 is 2.65 bits per heavy atom. The molecule has 0 aliphatic carbocycles. The Morgan fingerprint density at radius 2 is 2.10 bits per heavy atom. The zero-order valence-corrected chi connectivity index (χ0v) is 12.2. The minimum atomic E-state index is -0.647. The molecule has 3 N–H and O–H groups in total. The summed E-state index contributed by atoms with van der Waals surface area (Å²) in [7, 11) is 1.51. The number of hydrogen-bond donors (Lipinski definition) is 2. The van der Waals surface area contributed by atoms with Crippen LogP contribution in [0.1, 0.15) is 42.1 Å². The lowest BCUT2D eigenvalue weighted by atomic mass is 10.0. The fourth-order valence-electron chi connectivity index (χ4n) is 2.03. The van der Waals surface area contributed by atoms with Gasteiger partial charge in [-0.1, -0.05) is 31.9 Å². The number of nitrogens with one attached hydrogen (secondary N) is 1. The summed E-state index contributed by atoms with van der Waals surface area (Å²) < 4.78 is 5.19. The van der Waals surface area contributed by atoms with Crippen LogP contribution in [0.25, 0.3) is 0 Å². The number of benzene rings is 1. The number of carbonyl (C=O) groups excluding carboxylic acids is 2. The van der Waals surface area contributed by atoms with Crippen molar-refractivity contribution < 1.29 is 14.3 Å². The molecule has 0 aliphatic heterocycles. The van der Waals surface area contributed by atoms with E-state index in [0.29, 0.717) is 17.7 Å². The number of nitrogens with two attached hydrogens (primary N) is 1. The molecule has 0 saturated heterocycles. The average molecular weight is 278 g/mol. The second-order valence-corrected chi connectivity index (χ2v) is 4.72. The van der Waals surface area contributed by atoms with Crippen LogP contribution in [0.4, 0.5) is 0 Å². The van der Waals surface area contributed by atoms with E-state index < -0.39 is 11.9 Å². The van der Waals surface area contributed by atoms with Crippen molar-refractivity contribution in [2.24, 2.45) is 5.73 Å². The molecular weight excluding hydrogens is 256 g/mol. The summed E-state index contributed by atoms with van der Waals surface area (Å²) in [4.78, 5) is 23.7. The summed E-state index contributed by atoms with van der Waals surface area (Å²) in [5.74, 6) is -0.361. The first-order valence-electron chi connectivity index (χ1n) is 6.75. The molecule has 0 heterocycles. The maximum atomic E-state index is 12.3. The molecular formula is C15H22N2O3. The van der Waals surface area contributed by atoms with Crippen molar-refractivity contribution in [3.8, 4) is 5.75 Å². The summed E-state index contributed by atoms with van der Waals surface area (Å²) in [5, 5.41) is 2.69. The van der Waals surface area contributed by atoms with Crippen LogP contribution >= 0.6 is 0 Å². The van der Waals surface area contributed by atoms with Gasteiger partial charge in [0.05, 0.1) is 12.7 Å². The number of methoxy groups -OCH3 is 1. The first-order chi connectivity index (χ1) is 9.51. The van der Waals surface area contributed by atoms with E-state index in [1.807, 2.05) is 26.0 Å². The summed E-state index contributed by atoms with van der Waals surface area (Å²) in [6.45, 7) is 3.84. The highest BCUT2D eigenvalue weighted by Gasteiger charge is 2.21. The van der Waals surface area contributed by atoms with Gasteiger partial charge in [-0.2, -0.15) is 0 Å². The van der Waals surface area contributed by atoms with Crippen molar-refractivity contribution in [1.82, 2.24) is 5.32 Å². The van der Waals surface area contributed by atoms with Gasteiger partial charge in [0.1, 0.15) is 11.8 Å². The van der Waals surface area contributed by atoms with Gasteiger partial charge in [-0.3, -0.25) is 9.59 Å². The van der Waals surface area contributed by atoms with Crippen LogP contribution in [0, 0.1) is 6.92 Å². The van der Waals surface area contributed by atoms with E-state index in [1.165, 1.54) is 7.11 Å². The lowest BCUT2D eigenvalue weighted by molar-refractivity contribution is -0.120. The van der Waals surface area contributed by atoms with Gasteiger partial charge in [-0.05, 0) is 25.0 Å². The topological polar surface area (TPSA) is 81.4 Å². The SMILES string of the molecule is CCCC[C@H](NC(=O)c1c(C)cccc1OC)C(N)=O. The van der Waals surface area contributed by atoms with E-state index in [2.05, 4.69) is 5.32 Å². The van der Waals surface area contributed by atoms with Gasteiger partial charge in [0.25, 0.3) is 5.91 Å². The Kier molecular flexibility index (Phi) is 6.03. The van der Waals surface area contributed by atoms with Crippen LogP contribution in [0.5, 0.6) is 5.75 Å². The minimum Gasteiger partial charge on any atom is -0.496 e. The first kappa shape index (κ1) is 16.0. The predicted octanol–water partition coefficient (Wildman–Crippen LogP) is 1.78. The maximum absolute atomic E-state index is 12.3. The van der Waals surface area contributed by atoms with Crippen molar-refractivity contribution in [3.05, 3.63) is 29.3 Å². The fourth-order valence-corrected chi connectivity index (χ4v) is 2.03. The average Bonchev–Trinajstić information content (AvgIpc) is 2.42. The second-order valence-electron chi connectivity index (χ2n) is 4.72. The molecule has 110 valence electrons. The van der Waals surface area contributed by atoms with Crippen LogP contribution in [-0.2, 0) is 4.79 Å². The number of primary amides is 1. The van der Waals surface area contributed by atoms with Crippen molar-refractivity contribution in [2.45, 2.75) is 39.2 Å². The molecule has 1 atom stereocenters. The molecule has 20 heavy (non-hydrogen) atoms. The largest absolute Gasteiger partial charge is 0.496 e. The predicted molar refractivity (Wildman–Crippen MR) is 77.7 cm³/mol. The molecule has 5 heteroatoms. The first-order valence-corrected chi connectivity index (χ1v) is 6.75. The van der Waals surface area contributed by atoms with Crippen molar-refractivity contribution in [1.29, 1.82) is 0 Å². The number of aryl methyl sites for hydroxylation is 1. The molecule has 0 radical (unpaired) electrons. The second kappa shape index (κ2) is 7.53. The zero-order valence-electron chi connectivity index (χ0n) is 12.2. The molecule has 0 aliphatic rings. The monoisotopic (exact) mass is 278 g/mol. The van der Waals surface area contributed by atoms with Crippen molar-refractivity contribution in [2.75, 3.05) is 7.11 Å². The van der Waals surface area contributed by atoms with Crippen LogP contribution in [0.15, 0.2) is 18.2 Å². The van der Waals surface area contributed by atoms with E-state index in [9.17, 15) is 9.59 Å². The Labute approximate surface area is 119 Å². The quantitative estimate of drug-likeness (QED) is 0.797. The molecule has 2 amide bonds. The van der Waals surface area contributed by atoms with Crippen LogP contribution in [0.3, 0.4) is 0 Å². The summed E-state index contributed by atoms with van der Waals surface area (Å²) in [5.41, 5.74) is 6.56. The highest BCUT2D eigenvalue weighted by atomic mass is 16.5. The molecule has 0 bridgehead atoms. The van der Waals surface area contributed by atoms with Gasteiger partial charge in [-0.15, -0.1) is 0 Å². The zero-order chi connectivity index (χ0) is 15.1. The third-order valence-corrected chi connectivity index (χ3v) is 3.18. The Hall–Kier alpha value is -2.04. The lowest BCUT2D eigenvalue weighted by Crippen LogP contribution is -2.44. The van der Waals surface area contributed by atoms with Gasteiger partial charge in [0.15, 0.2) is 0 Å². The Morgan fingerprint density at radius 1 is 1.40 bits per heavy atom. The van der Waals surface area contributed by atoms with Crippen LogP contribution < -0.4 is 15.8 Å². The van der Waals surface area contributed by atoms with Crippen LogP contribution in [-0.4, -0.2) is 25.0 Å². The van der Waals surface area contributed by atoms with E-state index in [-0.39, 0.29) is 5.91 Å². The molecule has 5 nitrogen and oxygen atoms in total. The number of unbranched alkanes of at least 4 members (excludes halogenated alkanes) is 1. The van der Waals surface area contributed by atoms with E-state index in [0.717, 1.165) is 18.4 Å². The Balaban J connectivity index is 2.91. The lowest BCUT2D eigenvalue weighted by Gasteiger charge is -2.17. The van der Waals surface area contributed by atoms with E-state index >= 15 is 0 Å². The number of hydrogen-bond acceptors (Lipinski definition) is 3. The molecule has 1 aromatic carbocycles. The van der Waals surface area contributed by atoms with Gasteiger partial charge >= 0.3 is 0 Å². The number of ether oxygens (including phenoxy) is 1. The molecule has 0 unspecified atom stereocenters. The van der Waals surface area contributed by atoms with Crippen molar-refractivity contribution >= 4 is 11.8 Å². The van der Waals surface area contributed by atoms with E-state index in [1.54, 1.807) is 6.07 Å². The van der Waals surface area contributed by atoms with Gasteiger partial charge in [0.2, 0.25) is 5.91 Å². The smallest absolute Gasteiger partial charge is 0.255 e. The molecule has 0 aromatic heterocycles. The number of carbonyl (C=O) groups is 2. The highest BCUT2D eigenvalue weighted by Crippen LogP contribution is 2.21. The maximum Gasteiger partial charge on any atom is 0.255 e. The van der Waals surface area contributed by atoms with Gasteiger partial charge in [-0.25, -0.2) is 0 Å². The molecule has 1 aromatic rings. The van der Waals surface area contributed by atoms with Crippen LogP contribution in [0.2, 0.25) is 0 Å². The van der Waals surface area contributed by atoms with Gasteiger partial charge in [0, 0.05) is 0 Å². The minimum absolute atomic E-state index is 0.333. The van der Waals surface area contributed by atoms with Gasteiger partial charge < -0.3 is 15.8 Å². The summed E-state index contributed by atoms with van der Waals surface area (Å²) >= 11 is 0. The molecule has 0 fully saturated rings.